The van der Waals surface area contributed by atoms with Gasteiger partial charge in [-0.1, -0.05) is 13.8 Å². The molecule has 1 aliphatic rings. The molecule has 0 spiro atoms. The van der Waals surface area contributed by atoms with Gasteiger partial charge in [-0.25, -0.2) is 4.79 Å². The molecule has 0 aromatic rings. The van der Waals surface area contributed by atoms with Crippen molar-refractivity contribution in [2.24, 2.45) is 5.73 Å². The molecule has 1 aliphatic heterocycles. The zero-order valence-corrected chi connectivity index (χ0v) is 8.43. The van der Waals surface area contributed by atoms with E-state index in [1.165, 1.54) is 0 Å². The number of amides is 2. The zero-order valence-electron chi connectivity index (χ0n) is 7.62. The van der Waals surface area contributed by atoms with E-state index in [1.807, 2.05) is 11.8 Å². The summed E-state index contributed by atoms with van der Waals surface area (Å²) in [5.74, 6) is 1.01. The first-order valence-electron chi connectivity index (χ1n) is 4.34. The van der Waals surface area contributed by atoms with Gasteiger partial charge in [-0.05, 0) is 6.42 Å². The summed E-state index contributed by atoms with van der Waals surface area (Å²) in [5.41, 5.74) is 5.27. The first-order chi connectivity index (χ1) is 5.66. The van der Waals surface area contributed by atoms with Gasteiger partial charge >= 0.3 is 6.03 Å². The number of carbonyl (C=O) groups excluding carboxylic acids is 1. The molecule has 0 aromatic carbocycles. The second kappa shape index (κ2) is 4.03. The highest BCUT2D eigenvalue weighted by atomic mass is 32.2. The lowest BCUT2D eigenvalue weighted by Gasteiger charge is -2.38. The molecule has 2 unspecified atom stereocenters. The summed E-state index contributed by atoms with van der Waals surface area (Å²) >= 11 is 1.92. The highest BCUT2D eigenvalue weighted by molar-refractivity contribution is 8.00. The van der Waals surface area contributed by atoms with Crippen LogP contribution in [0, 0.1) is 0 Å². The normalized spacial score (nSPS) is 30.3. The SMILES string of the molecule is CCC1C(C)SCCN1C(N)=O. The Morgan fingerprint density at radius 3 is 2.83 bits per heavy atom. The van der Waals surface area contributed by atoms with Gasteiger partial charge in [-0.15, -0.1) is 0 Å². The third-order valence-electron chi connectivity index (χ3n) is 2.36. The summed E-state index contributed by atoms with van der Waals surface area (Å²) in [6.07, 6.45) is 0.997. The first-order valence-corrected chi connectivity index (χ1v) is 5.39. The second-order valence-electron chi connectivity index (χ2n) is 3.08. The van der Waals surface area contributed by atoms with Crippen LogP contribution in [0.25, 0.3) is 0 Å². The molecule has 0 saturated carbocycles. The summed E-state index contributed by atoms with van der Waals surface area (Å²) < 4.78 is 0. The van der Waals surface area contributed by atoms with Crippen LogP contribution in [-0.2, 0) is 0 Å². The van der Waals surface area contributed by atoms with Crippen molar-refractivity contribution in [3.8, 4) is 0 Å². The van der Waals surface area contributed by atoms with E-state index in [4.69, 9.17) is 5.73 Å². The third-order valence-corrected chi connectivity index (χ3v) is 3.61. The lowest BCUT2D eigenvalue weighted by molar-refractivity contribution is 0.182. The molecule has 1 rings (SSSR count). The van der Waals surface area contributed by atoms with Gasteiger partial charge in [0.25, 0.3) is 0 Å². The Balaban J connectivity index is 2.64. The van der Waals surface area contributed by atoms with E-state index in [0.29, 0.717) is 11.3 Å². The number of carbonyl (C=O) groups is 1. The van der Waals surface area contributed by atoms with Gasteiger partial charge in [-0.3, -0.25) is 0 Å². The molecule has 1 fully saturated rings. The molecule has 12 heavy (non-hydrogen) atoms. The molecule has 3 nitrogen and oxygen atoms in total. The molecule has 4 heteroatoms. The molecule has 70 valence electrons. The minimum absolute atomic E-state index is 0.269. The van der Waals surface area contributed by atoms with Gasteiger partial charge in [0, 0.05) is 23.6 Å². The van der Waals surface area contributed by atoms with Gasteiger partial charge in [0.15, 0.2) is 0 Å². The number of urea groups is 1. The van der Waals surface area contributed by atoms with E-state index < -0.39 is 0 Å². The first kappa shape index (κ1) is 9.71. The van der Waals surface area contributed by atoms with Crippen LogP contribution in [0.4, 0.5) is 4.79 Å². The molecule has 1 saturated heterocycles. The van der Waals surface area contributed by atoms with Crippen molar-refractivity contribution < 1.29 is 4.79 Å². The van der Waals surface area contributed by atoms with E-state index in [2.05, 4.69) is 13.8 Å². The number of nitrogens with two attached hydrogens (primary N) is 1. The van der Waals surface area contributed by atoms with Crippen molar-refractivity contribution in [3.63, 3.8) is 0 Å². The summed E-state index contributed by atoms with van der Waals surface area (Å²) in [6, 6.07) is 0.0650. The fraction of sp³-hybridized carbons (Fsp3) is 0.875. The topological polar surface area (TPSA) is 46.3 Å². The van der Waals surface area contributed by atoms with Crippen molar-refractivity contribution in [1.82, 2.24) is 4.90 Å². The molecule has 2 amide bonds. The van der Waals surface area contributed by atoms with E-state index in [-0.39, 0.29) is 6.03 Å². The third kappa shape index (κ3) is 1.86. The molecule has 0 radical (unpaired) electrons. The molecule has 2 N–H and O–H groups in total. The molecule has 0 aliphatic carbocycles. The predicted octanol–water partition coefficient (Wildman–Crippen LogP) is 1.28. The van der Waals surface area contributed by atoms with Crippen LogP contribution in [0.3, 0.4) is 0 Å². The summed E-state index contributed by atoms with van der Waals surface area (Å²) in [5, 5.41) is 0.524. The standard InChI is InChI=1S/C8H16N2OS/c1-3-7-6(2)12-5-4-10(7)8(9)11/h6-7H,3-5H2,1-2H3,(H2,9,11). The number of rotatable bonds is 1. The molecule has 2 atom stereocenters. The summed E-state index contributed by atoms with van der Waals surface area (Å²) in [4.78, 5) is 12.8. The molecular weight excluding hydrogens is 172 g/mol. The molecule has 0 bridgehead atoms. The van der Waals surface area contributed by atoms with Crippen molar-refractivity contribution in [2.75, 3.05) is 12.3 Å². The lowest BCUT2D eigenvalue weighted by Crippen LogP contribution is -2.51. The number of thioether (sulfide) groups is 1. The molecule has 0 aromatic heterocycles. The number of primary amides is 1. The van der Waals surface area contributed by atoms with E-state index >= 15 is 0 Å². The Morgan fingerprint density at radius 2 is 2.42 bits per heavy atom. The van der Waals surface area contributed by atoms with Crippen LogP contribution in [0.15, 0.2) is 0 Å². The van der Waals surface area contributed by atoms with Crippen LogP contribution in [0.5, 0.6) is 0 Å². The second-order valence-corrected chi connectivity index (χ2v) is 4.57. The Hall–Kier alpha value is -0.380. The fourth-order valence-corrected chi connectivity index (χ4v) is 2.93. The Bertz CT molecular complexity index is 174. The van der Waals surface area contributed by atoms with Gasteiger partial charge in [0.2, 0.25) is 0 Å². The van der Waals surface area contributed by atoms with Crippen LogP contribution in [0.1, 0.15) is 20.3 Å². The van der Waals surface area contributed by atoms with Crippen molar-refractivity contribution >= 4 is 17.8 Å². The largest absolute Gasteiger partial charge is 0.351 e. The summed E-state index contributed by atoms with van der Waals surface area (Å²) in [6.45, 7) is 5.07. The fourth-order valence-electron chi connectivity index (χ4n) is 1.69. The minimum atomic E-state index is -0.269. The number of hydrogen-bond acceptors (Lipinski definition) is 2. The van der Waals surface area contributed by atoms with E-state index in [1.54, 1.807) is 4.90 Å². The maximum atomic E-state index is 11.0. The highest BCUT2D eigenvalue weighted by Crippen LogP contribution is 2.25. The quantitative estimate of drug-likeness (QED) is 0.674. The van der Waals surface area contributed by atoms with E-state index in [9.17, 15) is 4.79 Å². The predicted molar refractivity (Wildman–Crippen MR) is 52.3 cm³/mol. The van der Waals surface area contributed by atoms with Gasteiger partial charge < -0.3 is 10.6 Å². The zero-order chi connectivity index (χ0) is 9.14. The molecule has 1 heterocycles. The highest BCUT2D eigenvalue weighted by Gasteiger charge is 2.29. The van der Waals surface area contributed by atoms with E-state index in [0.717, 1.165) is 18.7 Å². The monoisotopic (exact) mass is 188 g/mol. The minimum Gasteiger partial charge on any atom is -0.351 e. The average molecular weight is 188 g/mol. The van der Waals surface area contributed by atoms with Gasteiger partial charge in [0.1, 0.15) is 0 Å². The number of nitrogens with zero attached hydrogens (tertiary/aromatic N) is 1. The van der Waals surface area contributed by atoms with Crippen molar-refractivity contribution in [1.29, 1.82) is 0 Å². The Labute approximate surface area is 77.7 Å². The van der Waals surface area contributed by atoms with Crippen LogP contribution in [-0.4, -0.2) is 34.5 Å². The molecular formula is C8H16N2OS. The van der Waals surface area contributed by atoms with Crippen molar-refractivity contribution in [3.05, 3.63) is 0 Å². The van der Waals surface area contributed by atoms with Crippen LogP contribution < -0.4 is 5.73 Å². The van der Waals surface area contributed by atoms with Crippen LogP contribution >= 0.6 is 11.8 Å². The Morgan fingerprint density at radius 1 is 1.75 bits per heavy atom. The maximum Gasteiger partial charge on any atom is 0.315 e. The Kier molecular flexibility index (Phi) is 3.26. The van der Waals surface area contributed by atoms with Crippen molar-refractivity contribution in [2.45, 2.75) is 31.6 Å². The van der Waals surface area contributed by atoms with Gasteiger partial charge in [0.05, 0.1) is 0 Å². The summed E-state index contributed by atoms with van der Waals surface area (Å²) in [7, 11) is 0. The smallest absolute Gasteiger partial charge is 0.315 e. The average Bonchev–Trinajstić information content (AvgIpc) is 2.03. The van der Waals surface area contributed by atoms with Crippen LogP contribution in [0.2, 0.25) is 0 Å². The lowest BCUT2D eigenvalue weighted by atomic mass is 10.1. The maximum absolute atomic E-state index is 11.0. The van der Waals surface area contributed by atoms with Gasteiger partial charge in [-0.2, -0.15) is 11.8 Å². The number of hydrogen-bond donors (Lipinski definition) is 1.